The van der Waals surface area contributed by atoms with Gasteiger partial charge in [-0.05, 0) is 25.2 Å². The van der Waals surface area contributed by atoms with Crippen molar-refractivity contribution in [2.45, 2.75) is 49.9 Å². The summed E-state index contributed by atoms with van der Waals surface area (Å²) in [4.78, 5) is 36.9. The number of hydrogen-bond acceptors (Lipinski definition) is 8. The first-order valence-corrected chi connectivity index (χ1v) is 9.43. The summed E-state index contributed by atoms with van der Waals surface area (Å²) in [5.41, 5.74) is 1.57. The second-order valence-corrected chi connectivity index (χ2v) is 8.33. The predicted octanol–water partition coefficient (Wildman–Crippen LogP) is -0.843. The normalized spacial score (nSPS) is 43.4. The van der Waals surface area contributed by atoms with Crippen LogP contribution in [-0.4, -0.2) is 60.8 Å². The Kier molecular flexibility index (Phi) is 4.18. The highest BCUT2D eigenvalue weighted by Gasteiger charge is 2.62. The average molecular weight is 393 g/mol. The van der Waals surface area contributed by atoms with Gasteiger partial charge in [-0.15, -0.1) is 0 Å². The number of carbonyl (C=O) groups is 3. The number of aliphatic hydroxyl groups is 5. The van der Waals surface area contributed by atoms with Gasteiger partial charge in [0.25, 0.3) is 5.91 Å². The Bertz CT molecular complexity index is 845. The predicted molar refractivity (Wildman–Crippen MR) is 92.5 cm³/mol. The number of nitrogens with two attached hydrogens (primary N) is 1. The number of fused-ring (bicyclic) bond motifs is 3. The van der Waals surface area contributed by atoms with Crippen LogP contribution < -0.4 is 5.73 Å². The van der Waals surface area contributed by atoms with E-state index in [-0.39, 0.29) is 18.4 Å². The number of Topliss-reactive ketones (excluding diaryl/α,β-unsaturated/α-hetero) is 2. The van der Waals surface area contributed by atoms with E-state index in [2.05, 4.69) is 0 Å². The third-order valence-corrected chi connectivity index (χ3v) is 7.00. The Morgan fingerprint density at radius 3 is 2.43 bits per heavy atom. The number of carbonyl (C=O) groups excluding carboxylic acids is 3. The van der Waals surface area contributed by atoms with E-state index in [0.29, 0.717) is 19.3 Å². The Labute approximate surface area is 160 Å². The Hall–Kier alpha value is -2.23. The SMILES string of the molecule is NC(=O)C1=C(O)[C@@]2(O)C(O)=C3C(=O)C4C(O)CCCC4[C@@H](O)C3C[C@H]2CC1=O. The maximum Gasteiger partial charge on any atom is 0.255 e. The first kappa shape index (κ1) is 19.1. The van der Waals surface area contributed by atoms with E-state index in [1.165, 1.54) is 0 Å². The second-order valence-electron chi connectivity index (χ2n) is 8.33. The summed E-state index contributed by atoms with van der Waals surface area (Å²) in [6.45, 7) is 0. The van der Waals surface area contributed by atoms with E-state index >= 15 is 0 Å². The van der Waals surface area contributed by atoms with E-state index in [1.54, 1.807) is 0 Å². The zero-order valence-electron chi connectivity index (χ0n) is 15.0. The van der Waals surface area contributed by atoms with Crippen molar-refractivity contribution in [3.8, 4) is 0 Å². The lowest BCUT2D eigenvalue weighted by Crippen LogP contribution is -2.59. The van der Waals surface area contributed by atoms with Gasteiger partial charge in [0, 0.05) is 23.8 Å². The van der Waals surface area contributed by atoms with Gasteiger partial charge in [-0.2, -0.15) is 0 Å². The summed E-state index contributed by atoms with van der Waals surface area (Å²) in [6.07, 6.45) is -0.845. The van der Waals surface area contributed by atoms with E-state index in [0.717, 1.165) is 0 Å². The summed E-state index contributed by atoms with van der Waals surface area (Å²) in [5, 5.41) is 53.6. The van der Waals surface area contributed by atoms with Crippen molar-refractivity contribution >= 4 is 17.5 Å². The monoisotopic (exact) mass is 393 g/mol. The van der Waals surface area contributed by atoms with E-state index < -0.39 is 76.0 Å². The van der Waals surface area contributed by atoms with Crippen LogP contribution in [0.1, 0.15) is 32.1 Å². The number of amides is 1. The average Bonchev–Trinajstić information content (AvgIpc) is 2.62. The summed E-state index contributed by atoms with van der Waals surface area (Å²) >= 11 is 0. The molecular formula is C19H23NO8. The molecule has 2 saturated carbocycles. The highest BCUT2D eigenvalue weighted by molar-refractivity contribution is 6.20. The first-order valence-electron chi connectivity index (χ1n) is 9.43. The molecule has 28 heavy (non-hydrogen) atoms. The van der Waals surface area contributed by atoms with Crippen LogP contribution in [0.3, 0.4) is 0 Å². The van der Waals surface area contributed by atoms with Crippen molar-refractivity contribution in [2.75, 3.05) is 0 Å². The second kappa shape index (κ2) is 6.13. The van der Waals surface area contributed by atoms with Crippen LogP contribution in [0.2, 0.25) is 0 Å². The van der Waals surface area contributed by atoms with Crippen LogP contribution in [-0.2, 0) is 14.4 Å². The molecule has 0 heterocycles. The molecule has 0 spiro atoms. The van der Waals surface area contributed by atoms with Crippen LogP contribution in [0.25, 0.3) is 0 Å². The Morgan fingerprint density at radius 2 is 1.79 bits per heavy atom. The van der Waals surface area contributed by atoms with Gasteiger partial charge in [-0.3, -0.25) is 14.4 Å². The maximum atomic E-state index is 13.1. The van der Waals surface area contributed by atoms with Gasteiger partial charge in [-0.1, -0.05) is 6.42 Å². The molecule has 0 saturated heterocycles. The highest BCUT2D eigenvalue weighted by Crippen LogP contribution is 2.54. The molecule has 0 bridgehead atoms. The van der Waals surface area contributed by atoms with Crippen molar-refractivity contribution < 1.29 is 39.9 Å². The molecule has 9 nitrogen and oxygen atoms in total. The molecule has 4 aliphatic rings. The third kappa shape index (κ3) is 2.26. The van der Waals surface area contributed by atoms with Crippen LogP contribution >= 0.6 is 0 Å². The molecule has 0 aromatic heterocycles. The van der Waals surface area contributed by atoms with Crippen LogP contribution in [0.15, 0.2) is 22.7 Å². The fourth-order valence-electron chi connectivity index (χ4n) is 5.66. The molecule has 152 valence electrons. The van der Waals surface area contributed by atoms with E-state index in [4.69, 9.17) is 5.73 Å². The lowest BCUT2D eigenvalue weighted by Gasteiger charge is -2.51. The zero-order chi connectivity index (χ0) is 20.5. The Morgan fingerprint density at radius 1 is 1.11 bits per heavy atom. The topological polar surface area (TPSA) is 178 Å². The summed E-state index contributed by atoms with van der Waals surface area (Å²) in [7, 11) is 0. The van der Waals surface area contributed by atoms with Gasteiger partial charge in [0.2, 0.25) is 0 Å². The Balaban J connectivity index is 1.90. The minimum atomic E-state index is -2.51. The number of rotatable bonds is 1. The molecular weight excluding hydrogens is 370 g/mol. The van der Waals surface area contributed by atoms with Gasteiger partial charge in [0.15, 0.2) is 17.2 Å². The summed E-state index contributed by atoms with van der Waals surface area (Å²) < 4.78 is 0. The lowest BCUT2D eigenvalue weighted by molar-refractivity contribution is -0.146. The van der Waals surface area contributed by atoms with Crippen molar-refractivity contribution in [1.82, 2.24) is 0 Å². The van der Waals surface area contributed by atoms with Gasteiger partial charge >= 0.3 is 0 Å². The summed E-state index contributed by atoms with van der Waals surface area (Å²) in [6, 6.07) is 0. The number of ketones is 2. The lowest BCUT2D eigenvalue weighted by atomic mass is 9.55. The molecule has 0 radical (unpaired) electrons. The van der Waals surface area contributed by atoms with Crippen molar-refractivity contribution in [3.63, 3.8) is 0 Å². The number of primary amides is 1. The molecule has 2 fully saturated rings. The van der Waals surface area contributed by atoms with Crippen molar-refractivity contribution in [2.24, 2.45) is 29.4 Å². The minimum absolute atomic E-state index is 0.0377. The quantitative estimate of drug-likeness (QED) is 0.312. The first-order chi connectivity index (χ1) is 13.1. The highest BCUT2D eigenvalue weighted by atomic mass is 16.4. The molecule has 7 atom stereocenters. The minimum Gasteiger partial charge on any atom is -0.508 e. The molecule has 4 aliphatic carbocycles. The maximum absolute atomic E-state index is 13.1. The van der Waals surface area contributed by atoms with Crippen molar-refractivity contribution in [1.29, 1.82) is 0 Å². The van der Waals surface area contributed by atoms with Crippen LogP contribution in [0.4, 0.5) is 0 Å². The summed E-state index contributed by atoms with van der Waals surface area (Å²) in [5.74, 6) is -7.79. The third-order valence-electron chi connectivity index (χ3n) is 7.00. The van der Waals surface area contributed by atoms with Crippen molar-refractivity contribution in [3.05, 3.63) is 22.7 Å². The fourth-order valence-corrected chi connectivity index (χ4v) is 5.66. The molecule has 1 amide bonds. The zero-order valence-corrected chi connectivity index (χ0v) is 15.0. The smallest absolute Gasteiger partial charge is 0.255 e. The van der Waals surface area contributed by atoms with Crippen LogP contribution in [0, 0.1) is 23.7 Å². The number of aliphatic hydroxyl groups excluding tert-OH is 4. The molecule has 0 aliphatic heterocycles. The van der Waals surface area contributed by atoms with Gasteiger partial charge < -0.3 is 31.3 Å². The van der Waals surface area contributed by atoms with Gasteiger partial charge in [-0.25, -0.2) is 0 Å². The molecule has 4 unspecified atom stereocenters. The van der Waals surface area contributed by atoms with Crippen LogP contribution in [0.5, 0.6) is 0 Å². The van der Waals surface area contributed by atoms with Gasteiger partial charge in [0.1, 0.15) is 17.1 Å². The number of hydrogen-bond donors (Lipinski definition) is 6. The molecule has 7 N–H and O–H groups in total. The molecule has 9 heteroatoms. The fraction of sp³-hybridized carbons (Fsp3) is 0.632. The standard InChI is InChI=1S/C19H23NO8/c20-18(27)13-10(22)5-6-4-8-12(16(25)19(6,28)17(13)26)15(24)11-7(14(8)23)2-1-3-9(11)21/h6-9,11,14,21,23,25-26,28H,1-5H2,(H2,20,27)/t6-,7?,8?,9?,11?,14+,19-/m0/s1. The molecule has 0 aromatic rings. The van der Waals surface area contributed by atoms with E-state index in [1.807, 2.05) is 0 Å². The molecule has 4 rings (SSSR count). The molecule has 0 aromatic carbocycles. The largest absolute Gasteiger partial charge is 0.508 e. The van der Waals surface area contributed by atoms with Gasteiger partial charge in [0.05, 0.1) is 18.1 Å². The van der Waals surface area contributed by atoms with E-state index in [9.17, 15) is 39.9 Å².